The number of nitrogens with one attached hydrogen (secondary N) is 1. The van der Waals surface area contributed by atoms with E-state index in [-0.39, 0.29) is 12.5 Å². The van der Waals surface area contributed by atoms with Gasteiger partial charge in [0.05, 0.1) is 11.3 Å². The molecule has 0 aliphatic carbocycles. The molecule has 21 heavy (non-hydrogen) atoms. The fraction of sp³-hybridized carbons (Fsp3) is 0.200. The number of nitrogens with zero attached hydrogens (tertiary/aromatic N) is 3. The zero-order chi connectivity index (χ0) is 15.4. The van der Waals surface area contributed by atoms with Crippen LogP contribution in [0.4, 0.5) is 5.69 Å². The molecule has 0 saturated heterocycles. The van der Waals surface area contributed by atoms with E-state index in [1.165, 1.54) is 4.57 Å². The number of para-hydroxylation sites is 1. The maximum atomic E-state index is 12.0. The van der Waals surface area contributed by atoms with Crippen molar-refractivity contribution >= 4 is 11.6 Å². The predicted octanol–water partition coefficient (Wildman–Crippen LogP) is 1.37. The Bertz CT molecular complexity index is 787. The molecule has 0 saturated carbocycles. The third-order valence-electron chi connectivity index (χ3n) is 2.97. The first-order valence-corrected chi connectivity index (χ1v) is 6.35. The molecule has 1 aromatic carbocycles. The summed E-state index contributed by atoms with van der Waals surface area (Å²) in [4.78, 5) is 27.6. The Balaban J connectivity index is 2.20. The van der Waals surface area contributed by atoms with Gasteiger partial charge in [0.2, 0.25) is 5.91 Å². The number of carbonyl (C=O) groups excluding carboxylic acids is 1. The lowest BCUT2D eigenvalue weighted by atomic mass is 10.2. The Kier molecular flexibility index (Phi) is 4.14. The monoisotopic (exact) mass is 282 g/mol. The van der Waals surface area contributed by atoms with Crippen LogP contribution in [0, 0.1) is 25.2 Å². The van der Waals surface area contributed by atoms with Gasteiger partial charge in [-0.25, -0.2) is 4.79 Å². The van der Waals surface area contributed by atoms with Gasteiger partial charge in [0.1, 0.15) is 12.6 Å². The van der Waals surface area contributed by atoms with Crippen molar-refractivity contribution in [3.05, 3.63) is 57.8 Å². The number of amides is 1. The number of anilines is 1. The molecule has 0 aliphatic rings. The van der Waals surface area contributed by atoms with Gasteiger partial charge in [-0.2, -0.15) is 10.2 Å². The van der Waals surface area contributed by atoms with Crippen LogP contribution in [0.25, 0.3) is 0 Å². The Morgan fingerprint density at radius 1 is 1.38 bits per heavy atom. The maximum Gasteiger partial charge on any atom is 0.348 e. The minimum Gasteiger partial charge on any atom is -0.323 e. The van der Waals surface area contributed by atoms with Crippen molar-refractivity contribution in [3.63, 3.8) is 0 Å². The van der Waals surface area contributed by atoms with Gasteiger partial charge >= 0.3 is 5.69 Å². The lowest BCUT2D eigenvalue weighted by molar-refractivity contribution is -0.116. The molecule has 1 amide bonds. The van der Waals surface area contributed by atoms with Crippen molar-refractivity contribution in [1.82, 2.24) is 9.55 Å². The van der Waals surface area contributed by atoms with Crippen LogP contribution < -0.4 is 11.0 Å². The van der Waals surface area contributed by atoms with Crippen LogP contribution in [0.3, 0.4) is 0 Å². The Morgan fingerprint density at radius 2 is 2.10 bits per heavy atom. The van der Waals surface area contributed by atoms with Gasteiger partial charge in [0.25, 0.3) is 0 Å². The van der Waals surface area contributed by atoms with E-state index in [1.807, 2.05) is 6.07 Å². The lowest BCUT2D eigenvalue weighted by Gasteiger charge is -2.10. The molecule has 106 valence electrons. The highest BCUT2D eigenvalue weighted by Gasteiger charge is 2.10. The molecule has 6 heteroatoms. The number of hydrogen-bond donors (Lipinski definition) is 1. The van der Waals surface area contributed by atoms with Crippen LogP contribution in [-0.2, 0) is 11.3 Å². The zero-order valence-electron chi connectivity index (χ0n) is 11.8. The van der Waals surface area contributed by atoms with Gasteiger partial charge in [0, 0.05) is 11.4 Å². The predicted molar refractivity (Wildman–Crippen MR) is 77.8 cm³/mol. The fourth-order valence-corrected chi connectivity index (χ4v) is 1.99. The van der Waals surface area contributed by atoms with Crippen molar-refractivity contribution in [3.8, 4) is 6.07 Å². The largest absolute Gasteiger partial charge is 0.348 e. The normalized spacial score (nSPS) is 9.95. The maximum absolute atomic E-state index is 12.0. The summed E-state index contributed by atoms with van der Waals surface area (Å²) >= 11 is 0. The first kappa shape index (κ1) is 14.5. The van der Waals surface area contributed by atoms with Gasteiger partial charge < -0.3 is 5.32 Å². The van der Waals surface area contributed by atoms with Crippen LogP contribution >= 0.6 is 0 Å². The first-order valence-electron chi connectivity index (χ1n) is 6.35. The second kappa shape index (κ2) is 6.01. The molecular weight excluding hydrogens is 268 g/mol. The van der Waals surface area contributed by atoms with E-state index in [9.17, 15) is 9.59 Å². The van der Waals surface area contributed by atoms with Crippen molar-refractivity contribution in [1.29, 1.82) is 5.26 Å². The molecule has 0 radical (unpaired) electrons. The summed E-state index contributed by atoms with van der Waals surface area (Å²) in [6.07, 6.45) is 0. The lowest BCUT2D eigenvalue weighted by Crippen LogP contribution is -2.31. The number of nitriles is 1. The molecular formula is C15H14N4O2. The summed E-state index contributed by atoms with van der Waals surface area (Å²) in [5.74, 6) is -0.381. The van der Waals surface area contributed by atoms with Gasteiger partial charge in [-0.1, -0.05) is 12.1 Å². The smallest absolute Gasteiger partial charge is 0.323 e. The summed E-state index contributed by atoms with van der Waals surface area (Å²) in [6, 6.07) is 10.4. The van der Waals surface area contributed by atoms with E-state index in [0.29, 0.717) is 22.6 Å². The molecule has 2 rings (SSSR count). The Hall–Kier alpha value is -2.94. The highest BCUT2D eigenvalue weighted by atomic mass is 16.2. The van der Waals surface area contributed by atoms with E-state index in [1.54, 1.807) is 44.2 Å². The van der Waals surface area contributed by atoms with E-state index in [4.69, 9.17) is 5.26 Å². The van der Waals surface area contributed by atoms with Gasteiger partial charge in [-0.05, 0) is 32.0 Å². The molecule has 6 nitrogen and oxygen atoms in total. The van der Waals surface area contributed by atoms with Crippen molar-refractivity contribution in [2.75, 3.05) is 5.32 Å². The van der Waals surface area contributed by atoms with E-state index < -0.39 is 5.69 Å². The molecule has 0 bridgehead atoms. The third-order valence-corrected chi connectivity index (χ3v) is 2.97. The Labute approximate surface area is 121 Å². The van der Waals surface area contributed by atoms with E-state index >= 15 is 0 Å². The number of aromatic nitrogens is 2. The number of hydrogen-bond acceptors (Lipinski definition) is 4. The summed E-state index contributed by atoms with van der Waals surface area (Å²) in [5, 5.41) is 11.6. The molecule has 1 N–H and O–H groups in total. The SMILES string of the molecule is Cc1cc(C)n(CC(=O)Nc2ccccc2C#N)c(=O)n1. The number of rotatable bonds is 3. The summed E-state index contributed by atoms with van der Waals surface area (Å²) < 4.78 is 1.29. The highest BCUT2D eigenvalue weighted by molar-refractivity contribution is 5.91. The van der Waals surface area contributed by atoms with Crippen LogP contribution in [-0.4, -0.2) is 15.5 Å². The highest BCUT2D eigenvalue weighted by Crippen LogP contribution is 2.13. The molecule has 0 atom stereocenters. The van der Waals surface area contributed by atoms with Crippen LogP contribution in [0.15, 0.2) is 35.1 Å². The second-order valence-corrected chi connectivity index (χ2v) is 4.61. The molecule has 0 unspecified atom stereocenters. The topological polar surface area (TPSA) is 87.8 Å². The van der Waals surface area contributed by atoms with E-state index in [2.05, 4.69) is 10.3 Å². The molecule has 0 fully saturated rings. The van der Waals surface area contributed by atoms with Crippen molar-refractivity contribution in [2.45, 2.75) is 20.4 Å². The van der Waals surface area contributed by atoms with E-state index in [0.717, 1.165) is 0 Å². The standard InChI is InChI=1S/C15H14N4O2/c1-10-7-11(2)19(15(21)17-10)9-14(20)18-13-6-4-3-5-12(13)8-16/h3-7H,9H2,1-2H3,(H,18,20). The minimum atomic E-state index is -0.462. The second-order valence-electron chi connectivity index (χ2n) is 4.61. The minimum absolute atomic E-state index is 0.141. The van der Waals surface area contributed by atoms with Crippen LogP contribution in [0.5, 0.6) is 0 Å². The summed E-state index contributed by atoms with van der Waals surface area (Å²) in [5.41, 5.74) is 1.61. The Morgan fingerprint density at radius 3 is 2.76 bits per heavy atom. The summed E-state index contributed by atoms with van der Waals surface area (Å²) in [7, 11) is 0. The molecule has 1 heterocycles. The van der Waals surface area contributed by atoms with Crippen LogP contribution in [0.1, 0.15) is 17.0 Å². The van der Waals surface area contributed by atoms with Gasteiger partial charge in [-0.15, -0.1) is 0 Å². The average molecular weight is 282 g/mol. The first-order chi connectivity index (χ1) is 10.0. The summed E-state index contributed by atoms with van der Waals surface area (Å²) in [6.45, 7) is 3.33. The molecule has 2 aromatic rings. The van der Waals surface area contributed by atoms with Crippen molar-refractivity contribution < 1.29 is 4.79 Å². The van der Waals surface area contributed by atoms with Gasteiger partial charge in [-0.3, -0.25) is 9.36 Å². The molecule has 0 spiro atoms. The molecule has 0 aliphatic heterocycles. The average Bonchev–Trinajstić information content (AvgIpc) is 2.43. The van der Waals surface area contributed by atoms with Crippen molar-refractivity contribution in [2.24, 2.45) is 0 Å². The number of benzene rings is 1. The van der Waals surface area contributed by atoms with Gasteiger partial charge in [0.15, 0.2) is 0 Å². The zero-order valence-corrected chi connectivity index (χ0v) is 11.8. The quantitative estimate of drug-likeness (QED) is 0.921. The third kappa shape index (κ3) is 3.34. The van der Waals surface area contributed by atoms with Crippen LogP contribution in [0.2, 0.25) is 0 Å². The number of aryl methyl sites for hydroxylation is 2. The molecule has 1 aromatic heterocycles. The fourth-order valence-electron chi connectivity index (χ4n) is 1.99. The number of carbonyl (C=O) groups is 1.